The summed E-state index contributed by atoms with van der Waals surface area (Å²) in [5, 5.41) is 13.1. The maximum atomic E-state index is 13.8. The van der Waals surface area contributed by atoms with E-state index < -0.39 is 5.92 Å². The number of piperidine rings is 2. The Balaban J connectivity index is 0.000000152. The third kappa shape index (κ3) is 20.7. The molecule has 25 nitrogen and oxygen atoms in total. The number of benzene rings is 6. The molecular weight excluding hydrogens is 1470 g/mol. The lowest BCUT2D eigenvalue weighted by molar-refractivity contribution is 0.0122. The number of alkyl halides is 2. The summed E-state index contributed by atoms with van der Waals surface area (Å²) in [6.45, 7) is 14.8. The third-order valence-corrected chi connectivity index (χ3v) is 22.4. The van der Waals surface area contributed by atoms with Crippen LogP contribution in [0.3, 0.4) is 0 Å². The van der Waals surface area contributed by atoms with Gasteiger partial charge < -0.3 is 57.7 Å². The molecule has 6 aromatic heterocycles. The van der Waals surface area contributed by atoms with E-state index in [2.05, 4.69) is 130 Å². The minimum absolute atomic E-state index is 0. The number of ether oxygens (including phenoxy) is 7. The van der Waals surface area contributed by atoms with Gasteiger partial charge in [-0.3, -0.25) is 33.9 Å². The topological polar surface area (TPSA) is 215 Å². The highest BCUT2D eigenvalue weighted by Gasteiger charge is 2.38. The second kappa shape index (κ2) is 38.1. The lowest BCUT2D eigenvalue weighted by Crippen LogP contribution is -2.41. The molecule has 0 aliphatic carbocycles. The average Bonchev–Trinajstić information content (AvgIpc) is 0.899. The Morgan fingerprint density at radius 1 is 0.448 bits per heavy atom. The first-order valence-electron chi connectivity index (χ1n) is 39.8. The normalized spacial score (nSPS) is 15.7. The molecule has 0 unspecified atom stereocenters. The van der Waals surface area contributed by atoms with Crippen LogP contribution in [0.2, 0.25) is 0 Å². The molecule has 27 heteroatoms. The van der Waals surface area contributed by atoms with Gasteiger partial charge in [-0.1, -0.05) is 7.43 Å². The summed E-state index contributed by atoms with van der Waals surface area (Å²) in [6.07, 6.45) is 24.2. The molecule has 16 rings (SSSR count). The quantitative estimate of drug-likeness (QED) is 0.0492. The van der Waals surface area contributed by atoms with Gasteiger partial charge in [0.1, 0.15) is 34.5 Å². The Morgan fingerprint density at radius 3 is 1.23 bits per heavy atom. The molecular formula is C89H110F2N18O7. The van der Waals surface area contributed by atoms with Crippen LogP contribution in [0, 0.1) is 17.8 Å². The fraction of sp³-hybridized carbons (Fsp3) is 0.427. The minimum atomic E-state index is -2.60. The molecule has 0 atom stereocenters. The molecule has 0 bridgehead atoms. The van der Waals surface area contributed by atoms with Gasteiger partial charge in [-0.2, -0.15) is 15.3 Å². The highest BCUT2D eigenvalue weighted by Crippen LogP contribution is 2.41. The molecule has 612 valence electrons. The Kier molecular flexibility index (Phi) is 27.2. The van der Waals surface area contributed by atoms with E-state index in [9.17, 15) is 8.78 Å². The number of anilines is 6. The van der Waals surface area contributed by atoms with Gasteiger partial charge in [0.15, 0.2) is 0 Å². The molecule has 4 aliphatic rings. The van der Waals surface area contributed by atoms with E-state index in [0.29, 0.717) is 61.3 Å². The lowest BCUT2D eigenvalue weighted by atomic mass is 9.95. The standard InChI is InChI=1S/C32H38F2N6O3.C29H36N6O2.C27H32N6O2.CH4/c1-41-27-14-26(15-28(17-27)42-2)40(10-3-9-38-11-8-32(33,34)22-38)25-4-5-29-30(16-25)37-31(19-35-29)24-18-36-39(21-24)20-23-6-12-43-13-7-23;1-20(2)34-10-8-21(9-11-34)18-35(24-12-25(36-4)15-26(13-24)37-5)23-6-7-27-28(14-23)32-29(17-30-27)22-16-31-33(3)19-22;1-31-9-7-19(8-10-31)17-33(22-11-23(34-3)14-24(12-22)35-4)21-5-6-25-26(13-21)30-27(16-28-25)20-15-29-32(2)18-20;/h4-5,14-19,21,23H,3,6-13,20,22H2,1-2H3;6-7,12-17,19-21H,8-11,18H2,1-5H3;5-6,11-16,18-19H,7-10,17H2,1-4H3;1H4. The summed E-state index contributed by atoms with van der Waals surface area (Å²) in [7, 11) is 16.0. The van der Waals surface area contributed by atoms with E-state index in [1.807, 2.05) is 128 Å². The zero-order valence-corrected chi connectivity index (χ0v) is 67.9. The van der Waals surface area contributed by atoms with Crippen LogP contribution >= 0.6 is 0 Å². The van der Waals surface area contributed by atoms with Gasteiger partial charge in [-0.25, -0.2) is 23.7 Å². The maximum absolute atomic E-state index is 13.8. The monoisotopic (exact) mass is 1580 g/mol. The van der Waals surface area contributed by atoms with Gasteiger partial charge in [0.2, 0.25) is 0 Å². The van der Waals surface area contributed by atoms with Crippen LogP contribution in [0.25, 0.3) is 66.9 Å². The summed E-state index contributed by atoms with van der Waals surface area (Å²) >= 11 is 0. The maximum Gasteiger partial charge on any atom is 0.261 e. The second-order valence-electron chi connectivity index (χ2n) is 30.7. The van der Waals surface area contributed by atoms with Gasteiger partial charge in [0.05, 0.1) is 137 Å². The van der Waals surface area contributed by atoms with Crippen molar-refractivity contribution < 1.29 is 41.9 Å². The van der Waals surface area contributed by atoms with Crippen molar-refractivity contribution in [2.45, 2.75) is 91.1 Å². The van der Waals surface area contributed by atoms with E-state index in [-0.39, 0.29) is 20.4 Å². The van der Waals surface area contributed by atoms with Crippen LogP contribution in [-0.4, -0.2) is 214 Å². The number of methoxy groups -OCH3 is 6. The Hall–Kier alpha value is -11.1. The predicted octanol–water partition coefficient (Wildman–Crippen LogP) is 16.3. The summed E-state index contributed by atoms with van der Waals surface area (Å²) < 4.78 is 72.1. The molecule has 4 fully saturated rings. The summed E-state index contributed by atoms with van der Waals surface area (Å²) in [5.74, 6) is 3.55. The number of likely N-dealkylation sites (tertiary alicyclic amines) is 3. The molecule has 4 aliphatic heterocycles. The average molecular weight is 1580 g/mol. The van der Waals surface area contributed by atoms with Gasteiger partial charge in [0, 0.05) is 203 Å². The van der Waals surface area contributed by atoms with Crippen molar-refractivity contribution in [1.29, 1.82) is 0 Å². The number of fused-ring (bicyclic) bond motifs is 3. The SMILES string of the molecule is C.COc1cc(OC)cc(N(CC2CCN(C(C)C)CC2)c2ccc3ncc(-c4cnn(C)c4)nc3c2)c1.COc1cc(OC)cc(N(CC2CCN(C)CC2)c2ccc3ncc(-c4cnn(C)c4)nc3c2)c1.COc1cc(OC)cc(N(CCCN2CCC(F)(F)C2)c2ccc3ncc(-c4cnn(CC5CCOCC5)c4)nc3c2)c1. The number of hydrogen-bond donors (Lipinski definition) is 0. The van der Waals surface area contributed by atoms with Crippen LogP contribution in [0.15, 0.2) is 165 Å². The highest BCUT2D eigenvalue weighted by atomic mass is 19.3. The molecule has 4 saturated heterocycles. The first-order valence-corrected chi connectivity index (χ1v) is 39.8. The Labute approximate surface area is 679 Å². The van der Waals surface area contributed by atoms with Crippen molar-refractivity contribution in [3.8, 4) is 68.3 Å². The molecule has 0 N–H and O–H groups in total. The number of nitrogens with zero attached hydrogens (tertiary/aromatic N) is 18. The fourth-order valence-corrected chi connectivity index (χ4v) is 15.7. The molecule has 12 aromatic rings. The van der Waals surface area contributed by atoms with Crippen molar-refractivity contribution in [2.24, 2.45) is 31.8 Å². The molecule has 0 radical (unpaired) electrons. The smallest absolute Gasteiger partial charge is 0.261 e. The first kappa shape index (κ1) is 82.8. The van der Waals surface area contributed by atoms with E-state index in [1.165, 1.54) is 25.7 Å². The predicted molar refractivity (Wildman–Crippen MR) is 454 cm³/mol. The second-order valence-corrected chi connectivity index (χ2v) is 30.7. The zero-order chi connectivity index (χ0) is 80.1. The summed E-state index contributed by atoms with van der Waals surface area (Å²) in [4.78, 5) is 42.5. The Morgan fingerprint density at radius 2 is 0.845 bits per heavy atom. The molecule has 0 spiro atoms. The van der Waals surface area contributed by atoms with Gasteiger partial charge in [0.25, 0.3) is 5.92 Å². The van der Waals surface area contributed by atoms with Crippen molar-refractivity contribution in [1.82, 2.24) is 73.9 Å². The molecule has 116 heavy (non-hydrogen) atoms. The number of halogens is 2. The molecule has 10 heterocycles. The molecule has 0 amide bonds. The highest BCUT2D eigenvalue weighted by molar-refractivity contribution is 5.86. The van der Waals surface area contributed by atoms with Gasteiger partial charge in [-0.05, 0) is 164 Å². The fourth-order valence-electron chi connectivity index (χ4n) is 15.7. The van der Waals surface area contributed by atoms with Crippen molar-refractivity contribution in [2.75, 3.05) is 143 Å². The summed E-state index contributed by atoms with van der Waals surface area (Å²) in [6, 6.07) is 37.0. The molecule has 6 aromatic carbocycles. The largest absolute Gasteiger partial charge is 0.497 e. The van der Waals surface area contributed by atoms with Crippen LogP contribution in [0.5, 0.6) is 34.5 Å². The van der Waals surface area contributed by atoms with Crippen molar-refractivity contribution >= 4 is 67.2 Å². The Bertz CT molecular complexity index is 5160. The van der Waals surface area contributed by atoms with E-state index in [4.69, 9.17) is 48.1 Å². The first-order chi connectivity index (χ1) is 55.8. The third-order valence-electron chi connectivity index (χ3n) is 22.4. The summed E-state index contributed by atoms with van der Waals surface area (Å²) in [5.41, 5.74) is 16.2. The van der Waals surface area contributed by atoms with Gasteiger partial charge in [-0.15, -0.1) is 0 Å². The number of aryl methyl sites for hydroxylation is 2. The van der Waals surface area contributed by atoms with Crippen LogP contribution in [0.4, 0.5) is 42.9 Å². The van der Waals surface area contributed by atoms with Crippen molar-refractivity contribution in [3.63, 3.8) is 0 Å². The molecule has 0 saturated carbocycles. The lowest BCUT2D eigenvalue weighted by Gasteiger charge is -2.37. The number of aromatic nitrogens is 12. The van der Waals surface area contributed by atoms with Crippen molar-refractivity contribution in [3.05, 3.63) is 165 Å². The van der Waals surface area contributed by atoms with E-state index in [1.54, 1.807) is 58.2 Å². The number of hydrogen-bond acceptors (Lipinski definition) is 22. The van der Waals surface area contributed by atoms with Crippen LogP contribution < -0.4 is 43.1 Å². The zero-order valence-electron chi connectivity index (χ0n) is 67.9. The van der Waals surface area contributed by atoms with Gasteiger partial charge >= 0.3 is 0 Å². The van der Waals surface area contributed by atoms with E-state index in [0.717, 1.165) is 196 Å². The number of rotatable bonds is 26. The van der Waals surface area contributed by atoms with Crippen LogP contribution in [-0.2, 0) is 25.4 Å². The van der Waals surface area contributed by atoms with E-state index >= 15 is 0 Å². The minimum Gasteiger partial charge on any atom is -0.497 e. The van der Waals surface area contributed by atoms with Crippen LogP contribution in [0.1, 0.15) is 72.6 Å².